The summed E-state index contributed by atoms with van der Waals surface area (Å²) in [6.45, 7) is 10.7. The topological polar surface area (TPSA) is 50.9 Å². The fourth-order valence-corrected chi connectivity index (χ4v) is 1.79. The van der Waals surface area contributed by atoms with Crippen LogP contribution in [0.1, 0.15) is 46.6 Å². The fraction of sp³-hybridized carbons (Fsp3) is 0.643. The van der Waals surface area contributed by atoms with Gasteiger partial charge in [-0.3, -0.25) is 0 Å². The Morgan fingerprint density at radius 3 is 2.35 bits per heavy atom. The highest BCUT2D eigenvalue weighted by atomic mass is 15.0. The first kappa shape index (κ1) is 14.0. The molecule has 0 saturated heterocycles. The van der Waals surface area contributed by atoms with Crippen LogP contribution in [0.4, 0.5) is 5.82 Å². The second kappa shape index (κ2) is 5.50. The zero-order valence-electron chi connectivity index (χ0n) is 11.6. The first-order chi connectivity index (χ1) is 7.79. The predicted octanol–water partition coefficient (Wildman–Crippen LogP) is 2.92. The molecule has 17 heavy (non-hydrogen) atoms. The van der Waals surface area contributed by atoms with Crippen molar-refractivity contribution >= 4 is 5.82 Å². The van der Waals surface area contributed by atoms with Crippen molar-refractivity contribution < 1.29 is 0 Å². The molecule has 1 aromatic rings. The molecule has 3 nitrogen and oxygen atoms in total. The Morgan fingerprint density at radius 1 is 1.29 bits per heavy atom. The van der Waals surface area contributed by atoms with Crippen LogP contribution in [-0.4, -0.2) is 17.1 Å². The van der Waals surface area contributed by atoms with E-state index in [1.807, 2.05) is 19.2 Å². The number of anilines is 1. The van der Waals surface area contributed by atoms with Crippen LogP contribution in [-0.2, 0) is 5.41 Å². The third-order valence-electron chi connectivity index (χ3n) is 2.75. The van der Waals surface area contributed by atoms with Crippen LogP contribution < -0.4 is 11.1 Å². The molecule has 1 rings (SSSR count). The van der Waals surface area contributed by atoms with E-state index in [0.717, 1.165) is 12.2 Å². The lowest BCUT2D eigenvalue weighted by atomic mass is 9.88. The van der Waals surface area contributed by atoms with Gasteiger partial charge in [0.05, 0.1) is 0 Å². The Hall–Kier alpha value is -1.09. The zero-order chi connectivity index (χ0) is 13.1. The van der Waals surface area contributed by atoms with E-state index in [-0.39, 0.29) is 11.5 Å². The number of hydrogen-bond acceptors (Lipinski definition) is 3. The van der Waals surface area contributed by atoms with Crippen molar-refractivity contribution in [1.82, 2.24) is 4.98 Å². The van der Waals surface area contributed by atoms with Crippen molar-refractivity contribution in [2.45, 2.75) is 58.5 Å². The lowest BCUT2D eigenvalue weighted by Crippen LogP contribution is -2.26. The van der Waals surface area contributed by atoms with Gasteiger partial charge < -0.3 is 11.1 Å². The van der Waals surface area contributed by atoms with Gasteiger partial charge in [0, 0.05) is 18.3 Å². The maximum Gasteiger partial charge on any atom is 0.126 e. The minimum Gasteiger partial charge on any atom is -0.368 e. The van der Waals surface area contributed by atoms with Gasteiger partial charge in [-0.25, -0.2) is 4.98 Å². The number of pyridine rings is 1. The second-order valence-electron chi connectivity index (χ2n) is 5.94. The zero-order valence-corrected chi connectivity index (χ0v) is 11.6. The molecule has 0 amide bonds. The number of nitrogens with one attached hydrogen (secondary N) is 1. The summed E-state index contributed by atoms with van der Waals surface area (Å²) in [5.41, 5.74) is 7.18. The molecule has 0 aliphatic rings. The average molecular weight is 235 g/mol. The van der Waals surface area contributed by atoms with Crippen molar-refractivity contribution in [3.8, 4) is 0 Å². The van der Waals surface area contributed by atoms with Crippen molar-refractivity contribution in [3.63, 3.8) is 0 Å². The lowest BCUT2D eigenvalue weighted by Gasteiger charge is -2.20. The molecule has 1 aromatic heterocycles. The van der Waals surface area contributed by atoms with E-state index in [1.54, 1.807) is 0 Å². The fourth-order valence-electron chi connectivity index (χ4n) is 1.79. The van der Waals surface area contributed by atoms with Crippen LogP contribution in [0.5, 0.6) is 0 Å². The molecule has 0 bridgehead atoms. The van der Waals surface area contributed by atoms with Crippen molar-refractivity contribution in [2.24, 2.45) is 5.73 Å². The molecule has 0 aromatic carbocycles. The van der Waals surface area contributed by atoms with Crippen LogP contribution in [0.25, 0.3) is 0 Å². The molecule has 0 radical (unpaired) electrons. The van der Waals surface area contributed by atoms with Gasteiger partial charge in [0.1, 0.15) is 5.82 Å². The maximum absolute atomic E-state index is 5.77. The Bertz CT molecular complexity index is 335. The lowest BCUT2D eigenvalue weighted by molar-refractivity contribution is 0.586. The van der Waals surface area contributed by atoms with Crippen molar-refractivity contribution in [2.75, 3.05) is 5.32 Å². The Balaban J connectivity index is 2.63. The first-order valence-electron chi connectivity index (χ1n) is 6.27. The summed E-state index contributed by atoms with van der Waals surface area (Å²) in [5.74, 6) is 0.922. The van der Waals surface area contributed by atoms with Gasteiger partial charge in [-0.05, 0) is 37.3 Å². The highest BCUT2D eigenvalue weighted by Gasteiger charge is 2.14. The first-order valence-corrected chi connectivity index (χ1v) is 6.27. The number of nitrogens with zero attached hydrogens (tertiary/aromatic N) is 1. The van der Waals surface area contributed by atoms with Gasteiger partial charge in [0.25, 0.3) is 0 Å². The smallest absolute Gasteiger partial charge is 0.126 e. The molecule has 2 unspecified atom stereocenters. The van der Waals surface area contributed by atoms with Crippen LogP contribution in [0.15, 0.2) is 18.3 Å². The summed E-state index contributed by atoms with van der Waals surface area (Å²) in [6, 6.07) is 4.74. The normalized spacial score (nSPS) is 15.4. The standard InChI is InChI=1S/C14H25N3/c1-10(15)8-11(2)17-13-7-6-12(9-16-13)14(3,4)5/h6-7,9-11H,8,15H2,1-5H3,(H,16,17). The summed E-state index contributed by atoms with van der Waals surface area (Å²) >= 11 is 0. The summed E-state index contributed by atoms with van der Waals surface area (Å²) in [5, 5.41) is 3.36. The largest absolute Gasteiger partial charge is 0.368 e. The number of nitrogens with two attached hydrogens (primary N) is 1. The van der Waals surface area contributed by atoms with Crippen LogP contribution in [0.2, 0.25) is 0 Å². The molecular weight excluding hydrogens is 210 g/mol. The molecule has 0 aliphatic heterocycles. The van der Waals surface area contributed by atoms with Gasteiger partial charge in [0.2, 0.25) is 0 Å². The maximum atomic E-state index is 5.77. The van der Waals surface area contributed by atoms with E-state index in [2.05, 4.69) is 44.1 Å². The van der Waals surface area contributed by atoms with Gasteiger partial charge in [0.15, 0.2) is 0 Å². The molecule has 0 aliphatic carbocycles. The van der Waals surface area contributed by atoms with Gasteiger partial charge in [-0.15, -0.1) is 0 Å². The molecule has 3 N–H and O–H groups in total. The molecule has 96 valence electrons. The summed E-state index contributed by atoms with van der Waals surface area (Å²) in [4.78, 5) is 4.44. The summed E-state index contributed by atoms with van der Waals surface area (Å²) in [6.07, 6.45) is 2.89. The van der Waals surface area contributed by atoms with Crippen molar-refractivity contribution in [1.29, 1.82) is 0 Å². The number of hydrogen-bond donors (Lipinski definition) is 2. The molecule has 0 saturated carbocycles. The van der Waals surface area contributed by atoms with E-state index in [4.69, 9.17) is 5.73 Å². The van der Waals surface area contributed by atoms with Gasteiger partial charge in [-0.2, -0.15) is 0 Å². The van der Waals surface area contributed by atoms with Crippen molar-refractivity contribution in [3.05, 3.63) is 23.9 Å². The third-order valence-corrected chi connectivity index (χ3v) is 2.75. The second-order valence-corrected chi connectivity index (χ2v) is 5.94. The van der Waals surface area contributed by atoms with Gasteiger partial charge in [-0.1, -0.05) is 26.8 Å². The SMILES string of the molecule is CC(N)CC(C)Nc1ccc(C(C)(C)C)cn1. The number of rotatable bonds is 4. The average Bonchev–Trinajstić information content (AvgIpc) is 2.15. The Morgan fingerprint density at radius 2 is 1.94 bits per heavy atom. The highest BCUT2D eigenvalue weighted by Crippen LogP contribution is 2.22. The monoisotopic (exact) mass is 235 g/mol. The molecule has 0 fully saturated rings. The Kier molecular flexibility index (Phi) is 4.52. The van der Waals surface area contributed by atoms with E-state index < -0.39 is 0 Å². The van der Waals surface area contributed by atoms with E-state index in [1.165, 1.54) is 5.56 Å². The Labute approximate surface area is 105 Å². The molecular formula is C14H25N3. The number of aromatic nitrogens is 1. The van der Waals surface area contributed by atoms with E-state index >= 15 is 0 Å². The molecule has 2 atom stereocenters. The van der Waals surface area contributed by atoms with Crippen LogP contribution >= 0.6 is 0 Å². The third kappa shape index (κ3) is 4.73. The minimum absolute atomic E-state index is 0.156. The van der Waals surface area contributed by atoms with Crippen LogP contribution in [0, 0.1) is 0 Å². The molecule has 3 heteroatoms. The molecule has 0 spiro atoms. The van der Waals surface area contributed by atoms with E-state index in [9.17, 15) is 0 Å². The minimum atomic E-state index is 0.156. The summed E-state index contributed by atoms with van der Waals surface area (Å²) in [7, 11) is 0. The summed E-state index contributed by atoms with van der Waals surface area (Å²) < 4.78 is 0. The van der Waals surface area contributed by atoms with Crippen LogP contribution in [0.3, 0.4) is 0 Å². The highest BCUT2D eigenvalue weighted by molar-refractivity contribution is 5.37. The van der Waals surface area contributed by atoms with Gasteiger partial charge >= 0.3 is 0 Å². The predicted molar refractivity (Wildman–Crippen MR) is 74.3 cm³/mol. The quantitative estimate of drug-likeness (QED) is 0.843. The molecule has 1 heterocycles. The van der Waals surface area contributed by atoms with E-state index in [0.29, 0.717) is 6.04 Å².